The minimum atomic E-state index is -0.579. The van der Waals surface area contributed by atoms with Crippen molar-refractivity contribution in [1.82, 2.24) is 20.8 Å². The largest absolute Gasteiger partial charge is 0.390 e. The highest BCUT2D eigenvalue weighted by Gasteiger charge is 2.28. The number of amides is 1. The third kappa shape index (κ3) is 2.78. The van der Waals surface area contributed by atoms with Crippen molar-refractivity contribution >= 4 is 17.5 Å². The molecule has 0 radical (unpaired) electrons. The Labute approximate surface area is 126 Å². The summed E-state index contributed by atoms with van der Waals surface area (Å²) in [4.78, 5) is 12.4. The molecule has 110 valence electrons. The highest BCUT2D eigenvalue weighted by atomic mass is 35.5. The predicted octanol–water partition coefficient (Wildman–Crippen LogP) is 0.793. The Balaban J connectivity index is 1.85. The molecule has 0 saturated carbocycles. The van der Waals surface area contributed by atoms with Crippen molar-refractivity contribution in [2.45, 2.75) is 12.1 Å². The molecule has 1 aliphatic rings. The molecule has 1 aliphatic heterocycles. The highest BCUT2D eigenvalue weighted by molar-refractivity contribution is 6.33. The van der Waals surface area contributed by atoms with Gasteiger partial charge in [-0.2, -0.15) is 5.10 Å². The van der Waals surface area contributed by atoms with Crippen LogP contribution in [0.3, 0.4) is 0 Å². The molecule has 1 aromatic carbocycles. The molecule has 3 rings (SSSR count). The van der Waals surface area contributed by atoms with Gasteiger partial charge in [-0.3, -0.25) is 9.89 Å². The van der Waals surface area contributed by atoms with Crippen molar-refractivity contribution in [3.8, 4) is 11.3 Å². The van der Waals surface area contributed by atoms with Gasteiger partial charge >= 0.3 is 0 Å². The SMILES string of the molecule is O=C(N[C@H]1CNC[C@H]1O)c1cn[nH]c1-c1ccccc1Cl. The van der Waals surface area contributed by atoms with Gasteiger partial charge in [-0.1, -0.05) is 29.8 Å². The predicted molar refractivity (Wildman–Crippen MR) is 79.2 cm³/mol. The number of aromatic nitrogens is 2. The first-order valence-corrected chi connectivity index (χ1v) is 7.02. The summed E-state index contributed by atoms with van der Waals surface area (Å²) >= 11 is 6.16. The molecule has 1 amide bonds. The van der Waals surface area contributed by atoms with E-state index in [2.05, 4.69) is 20.8 Å². The number of benzene rings is 1. The van der Waals surface area contributed by atoms with Crippen molar-refractivity contribution in [3.05, 3.63) is 41.0 Å². The summed E-state index contributed by atoms with van der Waals surface area (Å²) in [6, 6.07) is 6.94. The van der Waals surface area contributed by atoms with Crippen LogP contribution in [0.25, 0.3) is 11.3 Å². The van der Waals surface area contributed by atoms with E-state index in [9.17, 15) is 9.90 Å². The minimum absolute atomic E-state index is 0.286. The number of hydrogen-bond acceptors (Lipinski definition) is 4. The number of rotatable bonds is 3. The summed E-state index contributed by atoms with van der Waals surface area (Å²) < 4.78 is 0. The Bertz CT molecular complexity index is 658. The van der Waals surface area contributed by atoms with E-state index in [4.69, 9.17) is 11.6 Å². The lowest BCUT2D eigenvalue weighted by Gasteiger charge is -2.15. The molecule has 21 heavy (non-hydrogen) atoms. The molecular formula is C14H15ClN4O2. The maximum absolute atomic E-state index is 12.4. The summed E-state index contributed by atoms with van der Waals surface area (Å²) in [6.07, 6.45) is 0.882. The quantitative estimate of drug-likeness (QED) is 0.675. The van der Waals surface area contributed by atoms with E-state index in [1.165, 1.54) is 6.20 Å². The Kier molecular flexibility index (Phi) is 3.92. The average Bonchev–Trinajstić information content (AvgIpc) is 3.09. The van der Waals surface area contributed by atoms with E-state index < -0.39 is 6.10 Å². The number of aliphatic hydroxyl groups is 1. The van der Waals surface area contributed by atoms with Crippen molar-refractivity contribution < 1.29 is 9.90 Å². The van der Waals surface area contributed by atoms with Crippen LogP contribution in [-0.2, 0) is 0 Å². The number of hydrogen-bond donors (Lipinski definition) is 4. The summed E-state index contributed by atoms with van der Waals surface area (Å²) in [7, 11) is 0. The molecule has 0 unspecified atom stereocenters. The van der Waals surface area contributed by atoms with Crippen LogP contribution in [0.5, 0.6) is 0 Å². The second-order valence-electron chi connectivity index (χ2n) is 4.94. The third-order valence-corrected chi connectivity index (χ3v) is 3.86. The lowest BCUT2D eigenvalue weighted by atomic mass is 10.1. The smallest absolute Gasteiger partial charge is 0.255 e. The van der Waals surface area contributed by atoms with Gasteiger partial charge in [-0.05, 0) is 6.07 Å². The molecule has 7 heteroatoms. The van der Waals surface area contributed by atoms with Crippen LogP contribution < -0.4 is 10.6 Å². The van der Waals surface area contributed by atoms with E-state index >= 15 is 0 Å². The van der Waals surface area contributed by atoms with Gasteiger partial charge in [-0.25, -0.2) is 0 Å². The first-order valence-electron chi connectivity index (χ1n) is 6.64. The van der Waals surface area contributed by atoms with Crippen LogP contribution in [-0.4, -0.2) is 46.4 Å². The van der Waals surface area contributed by atoms with E-state index in [1.54, 1.807) is 6.07 Å². The van der Waals surface area contributed by atoms with E-state index in [0.717, 1.165) is 0 Å². The third-order valence-electron chi connectivity index (χ3n) is 3.53. The van der Waals surface area contributed by atoms with Crippen molar-refractivity contribution in [2.75, 3.05) is 13.1 Å². The van der Waals surface area contributed by atoms with Crippen LogP contribution in [0.1, 0.15) is 10.4 Å². The fourth-order valence-corrected chi connectivity index (χ4v) is 2.62. The fourth-order valence-electron chi connectivity index (χ4n) is 2.39. The standard InChI is InChI=1S/C14H15ClN4O2/c15-10-4-2-1-3-8(10)13-9(5-17-19-13)14(21)18-11-6-16-7-12(11)20/h1-5,11-12,16,20H,6-7H2,(H,17,19)(H,18,21)/t11-,12+/m0/s1. The first-order chi connectivity index (χ1) is 10.2. The summed E-state index contributed by atoms with van der Waals surface area (Å²) in [5.74, 6) is -0.286. The molecule has 6 nitrogen and oxygen atoms in total. The second kappa shape index (κ2) is 5.85. The molecule has 1 saturated heterocycles. The van der Waals surface area contributed by atoms with Crippen LogP contribution in [0, 0.1) is 0 Å². The summed E-state index contributed by atoms with van der Waals surface area (Å²) in [6.45, 7) is 1.03. The van der Waals surface area contributed by atoms with Gasteiger partial charge in [0.1, 0.15) is 0 Å². The van der Waals surface area contributed by atoms with E-state index in [0.29, 0.717) is 34.9 Å². The van der Waals surface area contributed by atoms with Crippen molar-refractivity contribution in [2.24, 2.45) is 0 Å². The number of carbonyl (C=O) groups is 1. The highest BCUT2D eigenvalue weighted by Crippen LogP contribution is 2.28. The topological polar surface area (TPSA) is 90.0 Å². The summed E-state index contributed by atoms with van der Waals surface area (Å²) in [5, 5.41) is 22.8. The van der Waals surface area contributed by atoms with Gasteiger partial charge in [-0.15, -0.1) is 0 Å². The number of nitrogens with one attached hydrogen (secondary N) is 3. The van der Waals surface area contributed by atoms with Gasteiger partial charge < -0.3 is 15.7 Å². The molecule has 2 atom stereocenters. The number of aliphatic hydroxyl groups excluding tert-OH is 1. The number of H-pyrrole nitrogens is 1. The summed E-state index contributed by atoms with van der Waals surface area (Å²) in [5.41, 5.74) is 1.69. The fraction of sp³-hybridized carbons (Fsp3) is 0.286. The minimum Gasteiger partial charge on any atom is -0.390 e. The van der Waals surface area contributed by atoms with Crippen LogP contribution in [0.4, 0.5) is 0 Å². The monoisotopic (exact) mass is 306 g/mol. The van der Waals surface area contributed by atoms with Gasteiger partial charge in [0, 0.05) is 23.7 Å². The maximum Gasteiger partial charge on any atom is 0.255 e. The number of carbonyl (C=O) groups excluding carboxylic acids is 1. The zero-order valence-electron chi connectivity index (χ0n) is 11.1. The average molecular weight is 307 g/mol. The second-order valence-corrected chi connectivity index (χ2v) is 5.35. The Morgan fingerprint density at radius 1 is 1.38 bits per heavy atom. The van der Waals surface area contributed by atoms with Gasteiger partial charge in [0.2, 0.25) is 0 Å². The van der Waals surface area contributed by atoms with E-state index in [-0.39, 0.29) is 11.9 Å². The lowest BCUT2D eigenvalue weighted by Crippen LogP contribution is -2.42. The molecule has 0 bridgehead atoms. The lowest BCUT2D eigenvalue weighted by molar-refractivity contribution is 0.0889. The van der Waals surface area contributed by atoms with Gasteiger partial charge in [0.05, 0.1) is 29.6 Å². The van der Waals surface area contributed by atoms with Crippen LogP contribution in [0.2, 0.25) is 5.02 Å². The van der Waals surface area contributed by atoms with Crippen LogP contribution >= 0.6 is 11.6 Å². The number of β-amino-alcohol motifs (C(OH)–C–C–N with tert-alkyl or cyclic N) is 1. The molecule has 0 spiro atoms. The normalized spacial score (nSPS) is 21.4. The van der Waals surface area contributed by atoms with Crippen molar-refractivity contribution in [1.29, 1.82) is 0 Å². The van der Waals surface area contributed by atoms with E-state index in [1.807, 2.05) is 18.2 Å². The Hall–Kier alpha value is -1.89. The van der Waals surface area contributed by atoms with Crippen LogP contribution in [0.15, 0.2) is 30.5 Å². The number of halogens is 1. The molecule has 2 heterocycles. The number of aromatic amines is 1. The zero-order valence-corrected chi connectivity index (χ0v) is 11.9. The zero-order chi connectivity index (χ0) is 14.8. The molecule has 0 aliphatic carbocycles. The van der Waals surface area contributed by atoms with Gasteiger partial charge in [0.25, 0.3) is 5.91 Å². The molecule has 4 N–H and O–H groups in total. The molecule has 2 aromatic rings. The molecular weight excluding hydrogens is 292 g/mol. The first kappa shape index (κ1) is 14.1. The maximum atomic E-state index is 12.4. The Morgan fingerprint density at radius 3 is 2.90 bits per heavy atom. The van der Waals surface area contributed by atoms with Crippen molar-refractivity contribution in [3.63, 3.8) is 0 Å². The van der Waals surface area contributed by atoms with Gasteiger partial charge in [0.15, 0.2) is 0 Å². The molecule has 1 aromatic heterocycles. The molecule has 1 fully saturated rings. The number of nitrogens with zero attached hydrogens (tertiary/aromatic N) is 1. The Morgan fingerprint density at radius 2 is 2.19 bits per heavy atom.